The standard InChI is InChI=1S/C24H30F2O3/c1-24-11-10-19-18-7-5-17(29-12-2-3-16(27)14-23(25)26)13-15(18)4-6-20(19)21(24)8-9-22(24)28/h5,7,13-14,16,19-21,27H,2-4,6,8-12H2,1H3/t16?,19-,20-,21+,24+/m1/s1. The Labute approximate surface area is 171 Å². The summed E-state index contributed by atoms with van der Waals surface area (Å²) in [5, 5.41) is 9.45. The SMILES string of the molecule is C[C@]12CC[C@@H]3c4ccc(OCCCC(O)C=C(F)F)cc4CC[C@H]3[C@@H]1CCC2=O. The quantitative estimate of drug-likeness (QED) is 0.645. The number of carbonyl (C=O) groups excluding carboxylic acids is 1. The van der Waals surface area contributed by atoms with Gasteiger partial charge in [-0.3, -0.25) is 4.79 Å². The van der Waals surface area contributed by atoms with E-state index in [0.29, 0.717) is 42.6 Å². The third-order valence-electron chi connectivity index (χ3n) is 7.64. The summed E-state index contributed by atoms with van der Waals surface area (Å²) in [5.74, 6) is 2.98. The Morgan fingerprint density at radius 2 is 2.14 bits per heavy atom. The highest BCUT2D eigenvalue weighted by Gasteiger charge is 2.54. The van der Waals surface area contributed by atoms with Gasteiger partial charge < -0.3 is 9.84 Å². The van der Waals surface area contributed by atoms with Crippen LogP contribution in [0.4, 0.5) is 8.78 Å². The van der Waals surface area contributed by atoms with Crippen molar-refractivity contribution in [1.29, 1.82) is 0 Å². The van der Waals surface area contributed by atoms with Crippen molar-refractivity contribution in [3.63, 3.8) is 0 Å². The van der Waals surface area contributed by atoms with Crippen LogP contribution in [0.3, 0.4) is 0 Å². The first-order valence-electron chi connectivity index (χ1n) is 10.9. The first-order valence-corrected chi connectivity index (χ1v) is 10.9. The fourth-order valence-electron chi connectivity index (χ4n) is 6.13. The van der Waals surface area contributed by atoms with Crippen molar-refractivity contribution in [2.45, 2.75) is 70.3 Å². The number of ether oxygens (including phenoxy) is 1. The molecule has 0 aromatic heterocycles. The Balaban J connectivity index is 1.38. The molecule has 5 heteroatoms. The van der Waals surface area contributed by atoms with Crippen LogP contribution in [0, 0.1) is 17.3 Å². The molecule has 29 heavy (non-hydrogen) atoms. The lowest BCUT2D eigenvalue weighted by Gasteiger charge is -2.48. The summed E-state index contributed by atoms with van der Waals surface area (Å²) in [5.41, 5.74) is 2.68. The van der Waals surface area contributed by atoms with E-state index >= 15 is 0 Å². The van der Waals surface area contributed by atoms with E-state index < -0.39 is 12.2 Å². The molecule has 1 aromatic rings. The zero-order valence-electron chi connectivity index (χ0n) is 17.0. The molecule has 3 aliphatic carbocycles. The van der Waals surface area contributed by atoms with Gasteiger partial charge in [0.15, 0.2) is 0 Å². The zero-order chi connectivity index (χ0) is 20.6. The van der Waals surface area contributed by atoms with Crippen molar-refractivity contribution in [3.05, 3.63) is 41.5 Å². The van der Waals surface area contributed by atoms with Crippen molar-refractivity contribution in [2.24, 2.45) is 17.3 Å². The van der Waals surface area contributed by atoms with Crippen LogP contribution in [0.25, 0.3) is 0 Å². The van der Waals surface area contributed by atoms with Crippen LogP contribution in [0.15, 0.2) is 30.4 Å². The highest BCUT2D eigenvalue weighted by atomic mass is 19.3. The van der Waals surface area contributed by atoms with Crippen molar-refractivity contribution in [2.75, 3.05) is 6.61 Å². The Bertz CT molecular complexity index is 801. The van der Waals surface area contributed by atoms with E-state index in [1.807, 2.05) is 6.07 Å². The number of fused-ring (bicyclic) bond motifs is 5. The third kappa shape index (κ3) is 3.98. The number of Topliss-reactive ketones (excluding diaryl/α,β-unsaturated/α-hetero) is 1. The van der Waals surface area contributed by atoms with Crippen molar-refractivity contribution >= 4 is 5.78 Å². The van der Waals surface area contributed by atoms with Crippen molar-refractivity contribution in [3.8, 4) is 5.75 Å². The van der Waals surface area contributed by atoms with Crippen LogP contribution in [0.1, 0.15) is 68.9 Å². The minimum atomic E-state index is -1.85. The average Bonchev–Trinajstić information content (AvgIpc) is 2.99. The molecule has 1 aromatic carbocycles. The largest absolute Gasteiger partial charge is 0.494 e. The number of aliphatic hydroxyl groups excluding tert-OH is 1. The second-order valence-corrected chi connectivity index (χ2v) is 9.21. The molecular formula is C24H30F2O3. The number of aryl methyl sites for hydroxylation is 1. The molecule has 2 fully saturated rings. The Hall–Kier alpha value is -1.75. The first kappa shape index (κ1) is 20.5. The van der Waals surface area contributed by atoms with Gasteiger partial charge in [-0.05, 0) is 86.0 Å². The molecule has 5 atom stereocenters. The average molecular weight is 404 g/mol. The van der Waals surface area contributed by atoms with E-state index in [1.165, 1.54) is 11.1 Å². The Morgan fingerprint density at radius 1 is 1.31 bits per heavy atom. The molecule has 0 spiro atoms. The van der Waals surface area contributed by atoms with Gasteiger partial charge >= 0.3 is 0 Å². The number of hydrogen-bond donors (Lipinski definition) is 1. The third-order valence-corrected chi connectivity index (χ3v) is 7.64. The van der Waals surface area contributed by atoms with Crippen molar-refractivity contribution < 1.29 is 23.4 Å². The number of rotatable bonds is 6. The summed E-state index contributed by atoms with van der Waals surface area (Å²) in [7, 11) is 0. The predicted molar refractivity (Wildman–Crippen MR) is 107 cm³/mol. The molecule has 3 nitrogen and oxygen atoms in total. The lowest BCUT2D eigenvalue weighted by Crippen LogP contribution is -2.42. The molecule has 0 amide bonds. The summed E-state index contributed by atoms with van der Waals surface area (Å²) in [6.07, 6.45) is 4.44. The van der Waals surface area contributed by atoms with Gasteiger partial charge in [0.05, 0.1) is 12.7 Å². The minimum Gasteiger partial charge on any atom is -0.494 e. The van der Waals surface area contributed by atoms with Gasteiger partial charge in [-0.1, -0.05) is 13.0 Å². The predicted octanol–water partition coefficient (Wildman–Crippen LogP) is 5.41. The molecule has 0 radical (unpaired) electrons. The molecule has 0 bridgehead atoms. The molecule has 4 rings (SSSR count). The molecule has 0 heterocycles. The number of benzene rings is 1. The summed E-state index contributed by atoms with van der Waals surface area (Å²) in [4.78, 5) is 12.4. The van der Waals surface area contributed by atoms with E-state index in [-0.39, 0.29) is 11.8 Å². The van der Waals surface area contributed by atoms with Gasteiger partial charge in [0.25, 0.3) is 6.08 Å². The molecule has 1 N–H and O–H groups in total. The van der Waals surface area contributed by atoms with Crippen LogP contribution >= 0.6 is 0 Å². The summed E-state index contributed by atoms with van der Waals surface area (Å²) < 4.78 is 30.0. The van der Waals surface area contributed by atoms with Gasteiger partial charge in [-0.2, -0.15) is 8.78 Å². The molecule has 2 saturated carbocycles. The van der Waals surface area contributed by atoms with Crippen molar-refractivity contribution in [1.82, 2.24) is 0 Å². The Morgan fingerprint density at radius 3 is 2.93 bits per heavy atom. The van der Waals surface area contributed by atoms with Crippen LogP contribution in [0.5, 0.6) is 5.75 Å². The minimum absolute atomic E-state index is 0.0907. The van der Waals surface area contributed by atoms with Crippen LogP contribution in [0.2, 0.25) is 0 Å². The lowest BCUT2D eigenvalue weighted by molar-refractivity contribution is -0.129. The van der Waals surface area contributed by atoms with Crippen LogP contribution in [-0.2, 0) is 11.2 Å². The maximum Gasteiger partial charge on any atom is 0.268 e. The Kier molecular flexibility index (Phi) is 5.78. The van der Waals surface area contributed by atoms with E-state index in [4.69, 9.17) is 4.74 Å². The highest BCUT2D eigenvalue weighted by molar-refractivity contribution is 5.87. The highest BCUT2D eigenvalue weighted by Crippen LogP contribution is 2.59. The van der Waals surface area contributed by atoms with E-state index in [0.717, 1.165) is 44.3 Å². The van der Waals surface area contributed by atoms with Crippen LogP contribution < -0.4 is 4.74 Å². The number of aliphatic hydroxyl groups is 1. The van der Waals surface area contributed by atoms with Gasteiger partial charge in [0, 0.05) is 17.9 Å². The summed E-state index contributed by atoms with van der Waals surface area (Å²) >= 11 is 0. The summed E-state index contributed by atoms with van der Waals surface area (Å²) in [6.45, 7) is 2.59. The number of hydrogen-bond acceptors (Lipinski definition) is 3. The van der Waals surface area contributed by atoms with Gasteiger partial charge in [-0.15, -0.1) is 0 Å². The molecule has 1 unspecified atom stereocenters. The number of carbonyl (C=O) groups is 1. The molecular weight excluding hydrogens is 374 g/mol. The number of halogens is 2. The molecule has 0 saturated heterocycles. The maximum atomic E-state index is 12.4. The van der Waals surface area contributed by atoms with Gasteiger partial charge in [0.1, 0.15) is 11.5 Å². The zero-order valence-corrected chi connectivity index (χ0v) is 17.0. The first-order chi connectivity index (χ1) is 13.9. The van der Waals surface area contributed by atoms with Gasteiger partial charge in [0.2, 0.25) is 0 Å². The second-order valence-electron chi connectivity index (χ2n) is 9.21. The van der Waals surface area contributed by atoms with Gasteiger partial charge in [-0.25, -0.2) is 0 Å². The van der Waals surface area contributed by atoms with Crippen LogP contribution in [-0.4, -0.2) is 23.6 Å². The van der Waals surface area contributed by atoms with E-state index in [2.05, 4.69) is 19.1 Å². The monoisotopic (exact) mass is 404 g/mol. The lowest BCUT2D eigenvalue weighted by atomic mass is 9.55. The molecule has 158 valence electrons. The van der Waals surface area contributed by atoms with E-state index in [1.54, 1.807) is 0 Å². The smallest absolute Gasteiger partial charge is 0.268 e. The topological polar surface area (TPSA) is 46.5 Å². The second kappa shape index (κ2) is 8.17. The molecule has 0 aliphatic heterocycles. The number of ketones is 1. The maximum absolute atomic E-state index is 12.4. The fourth-order valence-corrected chi connectivity index (χ4v) is 6.13. The fraction of sp³-hybridized carbons (Fsp3) is 0.625. The molecule has 3 aliphatic rings. The normalized spacial score (nSPS) is 31.4. The summed E-state index contributed by atoms with van der Waals surface area (Å²) in [6, 6.07) is 6.32. The van der Waals surface area contributed by atoms with E-state index in [9.17, 15) is 18.7 Å².